The Kier molecular flexibility index (Phi) is 4.17. The second kappa shape index (κ2) is 6.53. The van der Waals surface area contributed by atoms with Crippen LogP contribution >= 0.6 is 0 Å². The van der Waals surface area contributed by atoms with Gasteiger partial charge in [0.25, 0.3) is 5.91 Å². The van der Waals surface area contributed by atoms with Gasteiger partial charge in [-0.05, 0) is 43.5 Å². The Bertz CT molecular complexity index is 981. The van der Waals surface area contributed by atoms with Crippen LogP contribution in [0.2, 0.25) is 0 Å². The molecule has 1 amide bonds. The Morgan fingerprint density at radius 3 is 2.70 bits per heavy atom. The topological polar surface area (TPSA) is 84.2 Å². The molecular formula is C17H15F3N6O. The molecule has 0 spiro atoms. The zero-order chi connectivity index (χ0) is 19.0. The van der Waals surface area contributed by atoms with E-state index < -0.39 is 17.6 Å². The molecule has 10 heteroatoms. The fraction of sp³-hybridized carbons (Fsp3) is 0.294. The first-order valence-electron chi connectivity index (χ1n) is 8.36. The van der Waals surface area contributed by atoms with E-state index in [1.165, 1.54) is 16.9 Å². The second-order valence-electron chi connectivity index (χ2n) is 6.30. The first kappa shape index (κ1) is 17.3. The Morgan fingerprint density at radius 2 is 2.07 bits per heavy atom. The quantitative estimate of drug-likeness (QED) is 0.729. The van der Waals surface area contributed by atoms with E-state index in [0.29, 0.717) is 5.56 Å². The molecule has 0 saturated heterocycles. The summed E-state index contributed by atoms with van der Waals surface area (Å²) in [6.07, 6.45) is 1.19. The van der Waals surface area contributed by atoms with Crippen molar-refractivity contribution in [3.8, 4) is 0 Å². The third kappa shape index (κ3) is 3.55. The van der Waals surface area contributed by atoms with Crippen LogP contribution in [0.3, 0.4) is 0 Å². The molecule has 4 rings (SSSR count). The van der Waals surface area contributed by atoms with E-state index >= 15 is 0 Å². The second-order valence-corrected chi connectivity index (χ2v) is 6.30. The molecule has 27 heavy (non-hydrogen) atoms. The van der Waals surface area contributed by atoms with Gasteiger partial charge in [0.15, 0.2) is 5.65 Å². The zero-order valence-electron chi connectivity index (χ0n) is 14.0. The third-order valence-corrected chi connectivity index (χ3v) is 4.37. The van der Waals surface area contributed by atoms with E-state index in [0.717, 1.165) is 31.4 Å². The summed E-state index contributed by atoms with van der Waals surface area (Å²) in [5.74, 6) is -0.387. The highest BCUT2D eigenvalue weighted by Crippen LogP contribution is 2.33. The molecule has 1 aliphatic rings. The van der Waals surface area contributed by atoms with Crippen LogP contribution in [0.15, 0.2) is 36.7 Å². The summed E-state index contributed by atoms with van der Waals surface area (Å²) in [6.45, 7) is 0. The largest absolute Gasteiger partial charge is 0.416 e. The molecular weight excluding hydrogens is 361 g/mol. The highest BCUT2D eigenvalue weighted by Gasteiger charge is 2.32. The molecule has 3 heterocycles. The number of hydrogen-bond acceptors (Lipinski definition) is 5. The fourth-order valence-corrected chi connectivity index (χ4v) is 2.74. The van der Waals surface area contributed by atoms with Gasteiger partial charge in [0.2, 0.25) is 5.95 Å². The molecule has 1 fully saturated rings. The molecule has 0 radical (unpaired) electrons. The average molecular weight is 376 g/mol. The predicted octanol–water partition coefficient (Wildman–Crippen LogP) is 3.36. The molecule has 2 N–H and O–H groups in total. The summed E-state index contributed by atoms with van der Waals surface area (Å²) in [7, 11) is 0. The Hall–Kier alpha value is -3.17. The van der Waals surface area contributed by atoms with Crippen LogP contribution in [-0.4, -0.2) is 31.5 Å². The lowest BCUT2D eigenvalue weighted by Crippen LogP contribution is -2.28. The summed E-state index contributed by atoms with van der Waals surface area (Å²) in [4.78, 5) is 20.1. The molecule has 1 saturated carbocycles. The first-order valence-corrected chi connectivity index (χ1v) is 8.36. The average Bonchev–Trinajstić information content (AvgIpc) is 3.00. The van der Waals surface area contributed by atoms with Crippen LogP contribution in [0.4, 0.5) is 24.9 Å². The number of nitrogens with zero attached hydrogens (tertiary/aromatic N) is 4. The van der Waals surface area contributed by atoms with Crippen LogP contribution in [-0.2, 0) is 6.18 Å². The van der Waals surface area contributed by atoms with Crippen molar-refractivity contribution < 1.29 is 18.0 Å². The number of carbonyl (C=O) groups is 1. The Labute approximate surface area is 151 Å². The number of halogens is 3. The number of anilines is 2. The molecule has 0 unspecified atom stereocenters. The lowest BCUT2D eigenvalue weighted by atomic mass is 9.93. The van der Waals surface area contributed by atoms with Crippen molar-refractivity contribution in [1.82, 2.24) is 19.6 Å². The Balaban J connectivity index is 1.69. The van der Waals surface area contributed by atoms with Gasteiger partial charge < -0.3 is 5.32 Å². The van der Waals surface area contributed by atoms with E-state index in [4.69, 9.17) is 0 Å². The molecule has 1 aliphatic carbocycles. The maximum absolute atomic E-state index is 13.2. The maximum Gasteiger partial charge on any atom is 0.416 e. The monoisotopic (exact) mass is 376 g/mol. The van der Waals surface area contributed by atoms with Crippen molar-refractivity contribution in [3.63, 3.8) is 0 Å². The predicted molar refractivity (Wildman–Crippen MR) is 91.4 cm³/mol. The highest BCUT2D eigenvalue weighted by atomic mass is 19.4. The number of hydrogen-bond donors (Lipinski definition) is 2. The molecule has 0 atom stereocenters. The van der Waals surface area contributed by atoms with Crippen molar-refractivity contribution in [3.05, 3.63) is 47.8 Å². The summed E-state index contributed by atoms with van der Waals surface area (Å²) < 4.78 is 40.9. The number of pyridine rings is 2. The minimum absolute atomic E-state index is 0.00636. The minimum Gasteiger partial charge on any atom is -0.367 e. The molecule has 7 nitrogen and oxygen atoms in total. The van der Waals surface area contributed by atoms with Gasteiger partial charge in [0.05, 0.1) is 11.1 Å². The van der Waals surface area contributed by atoms with E-state index in [1.807, 2.05) is 0 Å². The van der Waals surface area contributed by atoms with Gasteiger partial charge in [-0.15, -0.1) is 5.10 Å². The zero-order valence-corrected chi connectivity index (χ0v) is 14.0. The van der Waals surface area contributed by atoms with Gasteiger partial charge in [-0.2, -0.15) is 22.7 Å². The van der Waals surface area contributed by atoms with Crippen molar-refractivity contribution >= 4 is 23.3 Å². The molecule has 0 aromatic carbocycles. The number of rotatable bonds is 4. The lowest BCUT2D eigenvalue weighted by Gasteiger charge is -2.27. The fourth-order valence-electron chi connectivity index (χ4n) is 2.74. The summed E-state index contributed by atoms with van der Waals surface area (Å²) >= 11 is 0. The van der Waals surface area contributed by atoms with Gasteiger partial charge in [0.1, 0.15) is 5.82 Å². The normalized spacial score (nSPS) is 14.8. The van der Waals surface area contributed by atoms with Crippen LogP contribution < -0.4 is 10.6 Å². The molecule has 3 aromatic heterocycles. The van der Waals surface area contributed by atoms with Gasteiger partial charge in [-0.1, -0.05) is 0 Å². The van der Waals surface area contributed by atoms with Crippen LogP contribution in [0, 0.1) is 0 Å². The molecule has 3 aromatic rings. The smallest absolute Gasteiger partial charge is 0.367 e. The molecule has 140 valence electrons. The van der Waals surface area contributed by atoms with Crippen molar-refractivity contribution in [2.24, 2.45) is 0 Å². The van der Waals surface area contributed by atoms with E-state index in [2.05, 4.69) is 25.7 Å². The standard InChI is InChI=1S/C17H15F3N6O/c18-17(19,20)11-7-13(22-12-4-1-5-12)26-14(8-11)23-16(25-26)24-15(27)10-3-2-6-21-9-10/h2-3,6-9,12,22H,1,4-5H2,(H,24,25,27). The van der Waals surface area contributed by atoms with Gasteiger partial charge in [-0.3, -0.25) is 15.1 Å². The number of aromatic nitrogens is 4. The van der Waals surface area contributed by atoms with Crippen LogP contribution in [0.5, 0.6) is 0 Å². The number of nitrogens with one attached hydrogen (secondary N) is 2. The summed E-state index contributed by atoms with van der Waals surface area (Å²) in [5.41, 5.74) is -0.539. The van der Waals surface area contributed by atoms with Crippen molar-refractivity contribution in [2.75, 3.05) is 10.6 Å². The van der Waals surface area contributed by atoms with Crippen molar-refractivity contribution in [2.45, 2.75) is 31.5 Å². The maximum atomic E-state index is 13.2. The Morgan fingerprint density at radius 1 is 1.26 bits per heavy atom. The third-order valence-electron chi connectivity index (χ3n) is 4.37. The van der Waals surface area contributed by atoms with Crippen LogP contribution in [0.1, 0.15) is 35.2 Å². The van der Waals surface area contributed by atoms with Gasteiger partial charge in [-0.25, -0.2) is 0 Å². The lowest BCUT2D eigenvalue weighted by molar-refractivity contribution is -0.137. The number of carbonyl (C=O) groups excluding carboxylic acids is 1. The summed E-state index contributed by atoms with van der Waals surface area (Å²) in [5, 5.41) is 9.69. The van der Waals surface area contributed by atoms with Crippen LogP contribution in [0.25, 0.3) is 5.65 Å². The van der Waals surface area contributed by atoms with E-state index in [-0.39, 0.29) is 23.5 Å². The van der Waals surface area contributed by atoms with Gasteiger partial charge >= 0.3 is 6.18 Å². The molecule has 0 aliphatic heterocycles. The van der Waals surface area contributed by atoms with Crippen molar-refractivity contribution in [1.29, 1.82) is 0 Å². The minimum atomic E-state index is -4.51. The number of fused-ring (bicyclic) bond motifs is 1. The molecule has 0 bridgehead atoms. The van der Waals surface area contributed by atoms with E-state index in [1.54, 1.807) is 12.1 Å². The number of amides is 1. The number of alkyl halides is 3. The first-order chi connectivity index (χ1) is 12.9. The highest BCUT2D eigenvalue weighted by molar-refractivity contribution is 6.03. The van der Waals surface area contributed by atoms with E-state index in [9.17, 15) is 18.0 Å². The SMILES string of the molecule is O=C(Nc1nc2cc(C(F)(F)F)cc(NC3CCC3)n2n1)c1cccnc1. The summed E-state index contributed by atoms with van der Waals surface area (Å²) in [6, 6.07) is 5.17. The van der Waals surface area contributed by atoms with Gasteiger partial charge in [0, 0.05) is 18.4 Å².